The van der Waals surface area contributed by atoms with Crippen LogP contribution >= 0.6 is 267 Å². The van der Waals surface area contributed by atoms with E-state index in [1.807, 2.05) is 0 Å². The molecule has 332 valence electrons. The van der Waals surface area contributed by atoms with Crippen molar-refractivity contribution in [3.63, 3.8) is 0 Å². The van der Waals surface area contributed by atoms with Crippen molar-refractivity contribution < 1.29 is 36.5 Å². The van der Waals surface area contributed by atoms with Crippen LogP contribution in [0.1, 0.15) is 15.2 Å². The summed E-state index contributed by atoms with van der Waals surface area (Å²) in [5.74, 6) is -3.76. The Bertz CT molecular complexity index is 1760. The Labute approximate surface area is 410 Å². The zero-order chi connectivity index (χ0) is 45.9. The van der Waals surface area contributed by atoms with Crippen molar-refractivity contribution in [3.05, 3.63) is 75.1 Å². The van der Waals surface area contributed by atoms with Crippen LogP contribution < -0.4 is 0 Å². The third kappa shape index (κ3) is 29.3. The zero-order valence-electron chi connectivity index (χ0n) is 28.6. The summed E-state index contributed by atoms with van der Waals surface area (Å²) in [6.07, 6.45) is 1.75. The summed E-state index contributed by atoms with van der Waals surface area (Å²) in [6, 6.07) is 4.77. The molecule has 4 nitrogen and oxygen atoms in total. The average molecular weight is 1410 g/mol. The van der Waals surface area contributed by atoms with E-state index in [-0.39, 0.29) is 102 Å². The van der Waals surface area contributed by atoms with Gasteiger partial charge in [0, 0.05) is 33.0 Å². The number of carboxylic acid groups (broad SMARTS) is 1. The van der Waals surface area contributed by atoms with Crippen LogP contribution in [0.3, 0.4) is 0 Å². The molecule has 1 aromatic heterocycles. The van der Waals surface area contributed by atoms with Gasteiger partial charge in [0.2, 0.25) is 9.23 Å². The number of carboxylic acids is 1. The zero-order valence-corrected chi connectivity index (χ0v) is 60.4. The number of fused-ring (bicyclic) bond motifs is 1. The Hall–Kier alpha value is 9.49. The van der Waals surface area contributed by atoms with Gasteiger partial charge >= 0.3 is 5.97 Å². The summed E-state index contributed by atoms with van der Waals surface area (Å²) in [4.78, 5) is 20.9. The molecule has 0 aliphatic heterocycles. The van der Waals surface area contributed by atoms with Crippen molar-refractivity contribution in [2.24, 2.45) is 0 Å². The van der Waals surface area contributed by atoms with Crippen LogP contribution in [0.25, 0.3) is 16.2 Å². The lowest BCUT2D eigenvalue weighted by Crippen LogP contribution is -1.88. The summed E-state index contributed by atoms with van der Waals surface area (Å²) in [5, 5.41) is 7.19. The molecule has 17 atom stereocenters. The summed E-state index contributed by atoms with van der Waals surface area (Å²) in [5.41, 5.74) is -0.0811. The van der Waals surface area contributed by atoms with E-state index < -0.39 is 43.7 Å². The van der Waals surface area contributed by atoms with Crippen molar-refractivity contribution in [1.29, 1.82) is 0 Å². The molecule has 40 heteroatoms. The topological polar surface area (TPSA) is 71.4 Å². The highest BCUT2D eigenvalue weighted by Gasteiger charge is 2.35. The summed E-state index contributed by atoms with van der Waals surface area (Å²) < 4.78 is 61.0. The standard InChI is InChI=1S/C9H2Cl2F2OS.C9H6F2O2.Cl2OS.H18P16.H12P10/c10-6-5-3(12)1-2-4(13)7(5)15-8(6)9(11)14;10-7-2-3-8(11)6(5-7)1-4-9(12)13;1-4(2)3;1-10(2)14(9)16(13(7)8)15(11(3)4)12(5)6;1-7(2)10(8(3)4)9(5)6/h1-2H;1-5H,(H,12,13);;1-9H2;1-6H2/b;4-1+;;;. The van der Waals surface area contributed by atoms with E-state index in [9.17, 15) is 27.2 Å². The fraction of sp³-hybridized carbons (Fsp3) is 0. The van der Waals surface area contributed by atoms with Gasteiger partial charge in [0.15, 0.2) is 0 Å². The summed E-state index contributed by atoms with van der Waals surface area (Å²) in [7, 11) is 52.8. The van der Waals surface area contributed by atoms with E-state index >= 15 is 0 Å². The molecule has 3 aromatic rings. The van der Waals surface area contributed by atoms with Crippen LogP contribution in [0.5, 0.6) is 0 Å². The molecule has 0 bridgehead atoms. The molecule has 58 heavy (non-hydrogen) atoms. The highest BCUT2D eigenvalue weighted by atomic mass is 36.0. The van der Waals surface area contributed by atoms with Gasteiger partial charge in [0.05, 0.1) is 15.1 Å². The number of thiophene rings is 1. The molecule has 0 saturated heterocycles. The molecule has 17 unspecified atom stereocenters. The fourth-order valence-corrected chi connectivity index (χ4v) is 255. The van der Waals surface area contributed by atoms with E-state index in [1.165, 1.54) is 0 Å². The number of benzene rings is 2. The molecule has 0 saturated carbocycles. The van der Waals surface area contributed by atoms with Crippen LogP contribution in [0.4, 0.5) is 17.6 Å². The molecule has 0 amide bonds. The second-order valence-electron chi connectivity index (χ2n) is 9.06. The molecule has 0 radical (unpaired) electrons. The van der Waals surface area contributed by atoms with Gasteiger partial charge in [0.1, 0.15) is 28.1 Å². The first kappa shape index (κ1) is 69.6. The number of aliphatic carboxylic acids is 1. The normalized spacial score (nSPS) is 12.6. The fourth-order valence-electron chi connectivity index (χ4n) is 3.06. The largest absolute Gasteiger partial charge is 0.478 e. The predicted molar refractivity (Wildman–Crippen MR) is 342 cm³/mol. The molecular weight excluding hydrogens is 1370 g/mol. The van der Waals surface area contributed by atoms with E-state index in [1.54, 1.807) is 0 Å². The molecule has 1 N–H and O–H groups in total. The molecule has 2 aromatic carbocycles. The molecule has 1 heterocycles. The van der Waals surface area contributed by atoms with Crippen molar-refractivity contribution in [2.45, 2.75) is 0 Å². The SMILES string of the molecule is O=C(Cl)c1sc2c(F)ccc(F)c2c1Cl.O=C(O)/C=C/c1cc(F)ccc1F.O=S(Cl)Cl.PP(P)P(P(P)P)P(P)P.PP(P)P(P)P(P(P)P)P(P(P)P)P(P)P. The third-order valence-electron chi connectivity index (χ3n) is 5.04. The van der Waals surface area contributed by atoms with Crippen molar-refractivity contribution in [3.8, 4) is 0 Å². The van der Waals surface area contributed by atoms with Gasteiger partial charge in [-0.2, -0.15) is 0 Å². The van der Waals surface area contributed by atoms with Gasteiger partial charge in [-0.15, -0.1) is 145 Å². The highest BCUT2D eigenvalue weighted by molar-refractivity contribution is 9.30. The Morgan fingerprint density at radius 1 is 0.655 bits per heavy atom. The first-order valence-corrected chi connectivity index (χ1v) is 63.1. The minimum Gasteiger partial charge on any atom is -0.478 e. The van der Waals surface area contributed by atoms with E-state index in [0.717, 1.165) is 53.8 Å². The van der Waals surface area contributed by atoms with Gasteiger partial charge in [0.25, 0.3) is 5.24 Å². The van der Waals surface area contributed by atoms with Crippen molar-refractivity contribution in [1.82, 2.24) is 0 Å². The number of carbonyl (C=O) groups is 2. The van der Waals surface area contributed by atoms with Crippen molar-refractivity contribution in [2.75, 3.05) is 0 Å². The summed E-state index contributed by atoms with van der Waals surface area (Å²) >= 11 is 11.7. The predicted octanol–water partition coefficient (Wildman–Crippen LogP) is 21.7. The molecule has 0 aliphatic rings. The van der Waals surface area contributed by atoms with Crippen LogP contribution in [0.15, 0.2) is 36.4 Å². The number of carbonyl (C=O) groups excluding carboxylic acids is 1. The number of hydrogen-bond donors (Lipinski definition) is 1. The maximum Gasteiger partial charge on any atom is 0.328 e. The number of rotatable bonds is 12. The smallest absolute Gasteiger partial charge is 0.328 e. The van der Waals surface area contributed by atoms with E-state index in [0.29, 0.717) is 0 Å². The number of halogens is 8. The van der Waals surface area contributed by atoms with Gasteiger partial charge in [-0.25, -0.2) is 26.6 Å². The molecule has 3 rings (SSSR count). The molecule has 0 spiro atoms. The minimum atomic E-state index is -1.67. The molecule has 0 aliphatic carbocycles. The summed E-state index contributed by atoms with van der Waals surface area (Å²) in [6.45, 7) is 1.36. The van der Waals surface area contributed by atoms with Crippen molar-refractivity contribution >= 4 is 303 Å². The van der Waals surface area contributed by atoms with E-state index in [2.05, 4.69) is 155 Å². The Kier molecular flexibility index (Phi) is 45.7. The minimum absolute atomic E-state index is 0.00370. The Balaban J connectivity index is 0. The number of hydrogen-bond acceptors (Lipinski definition) is 4. The van der Waals surface area contributed by atoms with Gasteiger partial charge < -0.3 is 5.11 Å². The maximum atomic E-state index is 13.3. The lowest BCUT2D eigenvalue weighted by Gasteiger charge is -2.40. The second kappa shape index (κ2) is 38.1. The first-order chi connectivity index (χ1) is 26.5. The highest BCUT2D eigenvalue weighted by Crippen LogP contribution is 3.24. The van der Waals surface area contributed by atoms with Crippen LogP contribution in [0, 0.1) is 23.3 Å². The molecular formula is C18H38Cl4F4O4P26S2. The quantitative estimate of drug-likeness (QED) is 0.0849. The van der Waals surface area contributed by atoms with Crippen LogP contribution in [-0.2, 0) is 14.0 Å². The Morgan fingerprint density at radius 2 is 1.05 bits per heavy atom. The Morgan fingerprint density at radius 3 is 1.38 bits per heavy atom. The lowest BCUT2D eigenvalue weighted by molar-refractivity contribution is -0.131. The first-order valence-electron chi connectivity index (χ1n) is 13.4. The van der Waals surface area contributed by atoms with Gasteiger partial charge in [-0.05, 0) is 125 Å². The second-order valence-corrected chi connectivity index (χ2v) is 112. The van der Waals surface area contributed by atoms with E-state index in [4.69, 9.17) is 32.5 Å². The third-order valence-corrected chi connectivity index (χ3v) is 153. The van der Waals surface area contributed by atoms with Crippen LogP contribution in [-0.4, -0.2) is 20.5 Å². The maximum absolute atomic E-state index is 13.3. The van der Waals surface area contributed by atoms with Crippen LogP contribution in [0.2, 0.25) is 5.02 Å². The molecule has 0 fully saturated rings. The monoisotopic (exact) mass is 1400 g/mol. The lowest BCUT2D eigenvalue weighted by atomic mass is 10.2. The average Bonchev–Trinajstić information content (AvgIpc) is 3.43. The van der Waals surface area contributed by atoms with Gasteiger partial charge in [-0.1, -0.05) is 11.6 Å². The van der Waals surface area contributed by atoms with Gasteiger partial charge in [-0.3, -0.25) is 4.79 Å².